The van der Waals surface area contributed by atoms with Gasteiger partial charge in [0.25, 0.3) is 0 Å². The molecule has 0 aromatic heterocycles. The summed E-state index contributed by atoms with van der Waals surface area (Å²) in [5.41, 5.74) is 0. The van der Waals surface area contributed by atoms with E-state index in [1.165, 1.54) is 6.92 Å². The van der Waals surface area contributed by atoms with Crippen molar-refractivity contribution in [3.63, 3.8) is 0 Å². The standard InChI is InChI=1S/C10H18O3/c1-7(2)5-9(4)13-10(12)6-8(3)11/h7,9H,5-6H2,1-4H3. The second-order valence-corrected chi connectivity index (χ2v) is 3.81. The summed E-state index contributed by atoms with van der Waals surface area (Å²) < 4.78 is 5.01. The molecule has 0 spiro atoms. The highest BCUT2D eigenvalue weighted by molar-refractivity contribution is 5.94. The van der Waals surface area contributed by atoms with Gasteiger partial charge in [0.1, 0.15) is 12.2 Å². The van der Waals surface area contributed by atoms with Gasteiger partial charge in [-0.05, 0) is 26.2 Å². The van der Waals surface area contributed by atoms with E-state index in [1.807, 2.05) is 6.92 Å². The summed E-state index contributed by atoms with van der Waals surface area (Å²) in [6, 6.07) is 0. The van der Waals surface area contributed by atoms with Crippen LogP contribution in [0.2, 0.25) is 0 Å². The predicted octanol–water partition coefficient (Wildman–Crippen LogP) is 1.94. The number of hydrogen-bond donors (Lipinski definition) is 0. The maximum absolute atomic E-state index is 11.0. The number of ketones is 1. The molecule has 0 aromatic rings. The van der Waals surface area contributed by atoms with E-state index in [2.05, 4.69) is 13.8 Å². The number of rotatable bonds is 5. The Morgan fingerprint density at radius 1 is 1.23 bits per heavy atom. The van der Waals surface area contributed by atoms with Gasteiger partial charge in [0, 0.05) is 0 Å². The second-order valence-electron chi connectivity index (χ2n) is 3.81. The van der Waals surface area contributed by atoms with E-state index in [1.54, 1.807) is 0 Å². The molecular weight excluding hydrogens is 168 g/mol. The van der Waals surface area contributed by atoms with E-state index in [4.69, 9.17) is 4.74 Å². The van der Waals surface area contributed by atoms with Crippen LogP contribution in [0.4, 0.5) is 0 Å². The minimum atomic E-state index is -0.416. The molecule has 0 radical (unpaired) electrons. The van der Waals surface area contributed by atoms with E-state index in [0.717, 1.165) is 6.42 Å². The topological polar surface area (TPSA) is 43.4 Å². The first-order valence-electron chi connectivity index (χ1n) is 4.60. The molecule has 0 aliphatic carbocycles. The third-order valence-corrected chi connectivity index (χ3v) is 1.53. The molecule has 1 atom stereocenters. The number of ether oxygens (including phenoxy) is 1. The Hall–Kier alpha value is -0.860. The lowest BCUT2D eigenvalue weighted by atomic mass is 10.1. The van der Waals surface area contributed by atoms with Crippen molar-refractivity contribution in [1.82, 2.24) is 0 Å². The van der Waals surface area contributed by atoms with Crippen LogP contribution in [0, 0.1) is 5.92 Å². The molecule has 0 heterocycles. The average Bonchev–Trinajstić information content (AvgIpc) is 1.80. The van der Waals surface area contributed by atoms with Crippen molar-refractivity contribution in [3.05, 3.63) is 0 Å². The molecule has 0 aliphatic heterocycles. The highest BCUT2D eigenvalue weighted by Crippen LogP contribution is 2.08. The Balaban J connectivity index is 3.71. The third kappa shape index (κ3) is 7.50. The van der Waals surface area contributed by atoms with Crippen molar-refractivity contribution in [3.8, 4) is 0 Å². The summed E-state index contributed by atoms with van der Waals surface area (Å²) in [6.45, 7) is 7.36. The van der Waals surface area contributed by atoms with Crippen LogP contribution in [0.15, 0.2) is 0 Å². The van der Waals surface area contributed by atoms with Crippen LogP contribution in [-0.2, 0) is 14.3 Å². The lowest BCUT2D eigenvalue weighted by molar-refractivity contribution is -0.150. The zero-order valence-corrected chi connectivity index (χ0v) is 8.79. The Bertz CT molecular complexity index is 185. The van der Waals surface area contributed by atoms with E-state index >= 15 is 0 Å². The molecule has 0 fully saturated rings. The molecule has 3 nitrogen and oxygen atoms in total. The first-order chi connectivity index (χ1) is 5.91. The molecule has 1 unspecified atom stereocenters. The minimum absolute atomic E-state index is 0.0909. The Kier molecular flexibility index (Phi) is 5.35. The van der Waals surface area contributed by atoms with Crippen molar-refractivity contribution in [2.24, 2.45) is 5.92 Å². The first-order valence-corrected chi connectivity index (χ1v) is 4.60. The summed E-state index contributed by atoms with van der Waals surface area (Å²) in [5.74, 6) is -0.0671. The quantitative estimate of drug-likeness (QED) is 0.487. The van der Waals surface area contributed by atoms with E-state index in [-0.39, 0.29) is 18.3 Å². The molecule has 76 valence electrons. The molecule has 0 rings (SSSR count). The molecule has 3 heteroatoms. The van der Waals surface area contributed by atoms with Gasteiger partial charge in [0.15, 0.2) is 0 Å². The van der Waals surface area contributed by atoms with Crippen LogP contribution in [0.25, 0.3) is 0 Å². The monoisotopic (exact) mass is 186 g/mol. The van der Waals surface area contributed by atoms with E-state index < -0.39 is 5.97 Å². The fourth-order valence-electron chi connectivity index (χ4n) is 1.18. The van der Waals surface area contributed by atoms with Gasteiger partial charge in [-0.3, -0.25) is 9.59 Å². The average molecular weight is 186 g/mol. The summed E-state index contributed by atoms with van der Waals surface area (Å²) >= 11 is 0. The lowest BCUT2D eigenvalue weighted by Crippen LogP contribution is -2.18. The number of esters is 1. The van der Waals surface area contributed by atoms with E-state index in [0.29, 0.717) is 5.92 Å². The fraction of sp³-hybridized carbons (Fsp3) is 0.800. The zero-order chi connectivity index (χ0) is 10.4. The van der Waals surface area contributed by atoms with Crippen LogP contribution in [0.5, 0.6) is 0 Å². The van der Waals surface area contributed by atoms with Crippen LogP contribution in [-0.4, -0.2) is 17.9 Å². The minimum Gasteiger partial charge on any atom is -0.462 e. The molecule has 0 saturated heterocycles. The van der Waals surface area contributed by atoms with Crippen LogP contribution in [0.3, 0.4) is 0 Å². The van der Waals surface area contributed by atoms with Crippen molar-refractivity contribution in [2.75, 3.05) is 0 Å². The van der Waals surface area contributed by atoms with Crippen LogP contribution < -0.4 is 0 Å². The number of hydrogen-bond acceptors (Lipinski definition) is 3. The SMILES string of the molecule is CC(=O)CC(=O)OC(C)CC(C)C. The number of Topliss-reactive ketones (excluding diaryl/α,β-unsaturated/α-hetero) is 1. The lowest BCUT2D eigenvalue weighted by Gasteiger charge is -2.14. The van der Waals surface area contributed by atoms with Crippen LogP contribution >= 0.6 is 0 Å². The summed E-state index contributed by atoms with van der Waals surface area (Å²) in [4.78, 5) is 21.6. The smallest absolute Gasteiger partial charge is 0.313 e. The maximum Gasteiger partial charge on any atom is 0.313 e. The summed E-state index contributed by atoms with van der Waals surface area (Å²) in [6.07, 6.45) is 0.637. The highest BCUT2D eigenvalue weighted by atomic mass is 16.5. The number of carbonyl (C=O) groups excluding carboxylic acids is 2. The fourth-order valence-corrected chi connectivity index (χ4v) is 1.18. The molecule has 0 bridgehead atoms. The Morgan fingerprint density at radius 2 is 1.77 bits per heavy atom. The molecule has 0 aromatic carbocycles. The molecular formula is C10H18O3. The van der Waals surface area contributed by atoms with Crippen LogP contribution in [0.1, 0.15) is 40.5 Å². The Labute approximate surface area is 79.5 Å². The van der Waals surface area contributed by atoms with Gasteiger partial charge in [-0.25, -0.2) is 0 Å². The summed E-state index contributed by atoms with van der Waals surface area (Å²) in [5, 5.41) is 0. The molecule has 0 aliphatic rings. The van der Waals surface area contributed by atoms with Crippen molar-refractivity contribution in [2.45, 2.75) is 46.6 Å². The molecule has 13 heavy (non-hydrogen) atoms. The largest absolute Gasteiger partial charge is 0.462 e. The maximum atomic E-state index is 11.0. The Morgan fingerprint density at radius 3 is 2.15 bits per heavy atom. The molecule has 0 saturated carbocycles. The molecule has 0 amide bonds. The number of carbonyl (C=O) groups is 2. The van der Waals surface area contributed by atoms with Gasteiger partial charge >= 0.3 is 5.97 Å². The van der Waals surface area contributed by atoms with Crippen molar-refractivity contribution >= 4 is 11.8 Å². The normalized spacial score (nSPS) is 12.7. The van der Waals surface area contributed by atoms with Gasteiger partial charge in [-0.2, -0.15) is 0 Å². The third-order valence-electron chi connectivity index (χ3n) is 1.53. The molecule has 0 N–H and O–H groups in total. The predicted molar refractivity (Wildman–Crippen MR) is 50.3 cm³/mol. The van der Waals surface area contributed by atoms with Gasteiger partial charge in [0.2, 0.25) is 0 Å². The second kappa shape index (κ2) is 5.73. The highest BCUT2D eigenvalue weighted by Gasteiger charge is 2.12. The summed E-state index contributed by atoms with van der Waals surface area (Å²) in [7, 11) is 0. The van der Waals surface area contributed by atoms with Crippen molar-refractivity contribution < 1.29 is 14.3 Å². The zero-order valence-electron chi connectivity index (χ0n) is 8.79. The van der Waals surface area contributed by atoms with Gasteiger partial charge < -0.3 is 4.74 Å². The van der Waals surface area contributed by atoms with Gasteiger partial charge in [0.05, 0.1) is 6.10 Å². The van der Waals surface area contributed by atoms with E-state index in [9.17, 15) is 9.59 Å². The van der Waals surface area contributed by atoms with Gasteiger partial charge in [-0.1, -0.05) is 13.8 Å². The first kappa shape index (κ1) is 12.1. The van der Waals surface area contributed by atoms with Crippen molar-refractivity contribution in [1.29, 1.82) is 0 Å². The van der Waals surface area contributed by atoms with Gasteiger partial charge in [-0.15, -0.1) is 0 Å².